The summed E-state index contributed by atoms with van der Waals surface area (Å²) in [4.78, 5) is 17.0. The monoisotopic (exact) mass is 379 g/mol. The topological polar surface area (TPSA) is 60.9 Å². The third-order valence-corrected chi connectivity index (χ3v) is 7.60. The van der Waals surface area contributed by atoms with Gasteiger partial charge in [0.2, 0.25) is 15.9 Å². The summed E-state index contributed by atoms with van der Waals surface area (Å²) < 4.78 is 27.6. The Bertz CT molecular complexity index is 764. The van der Waals surface area contributed by atoms with Gasteiger partial charge in [-0.2, -0.15) is 4.31 Å². The number of nitrogens with zero attached hydrogens (tertiary/aromatic N) is 3. The number of piperazine rings is 1. The number of hydrogen-bond acceptors (Lipinski definition) is 4. The largest absolute Gasteiger partial charge is 0.341 e. The molecule has 3 rings (SSSR count). The van der Waals surface area contributed by atoms with E-state index in [9.17, 15) is 13.2 Å². The minimum Gasteiger partial charge on any atom is -0.341 e. The number of likely N-dealkylation sites (tertiary alicyclic amines) is 1. The van der Waals surface area contributed by atoms with Crippen molar-refractivity contribution in [1.29, 1.82) is 0 Å². The van der Waals surface area contributed by atoms with Crippen molar-refractivity contribution < 1.29 is 13.2 Å². The molecule has 2 aliphatic rings. The molecule has 0 spiro atoms. The fourth-order valence-electron chi connectivity index (χ4n) is 3.81. The SMILES string of the molecule is Cc1ccc(C)c(S(=O)(=O)N2CCN(C(C)C(=O)N3CCCC3)CC2)c1. The third-order valence-electron chi connectivity index (χ3n) is 5.56. The maximum Gasteiger partial charge on any atom is 0.243 e. The van der Waals surface area contributed by atoms with Gasteiger partial charge in [-0.3, -0.25) is 9.69 Å². The van der Waals surface area contributed by atoms with Crippen LogP contribution in [-0.4, -0.2) is 73.7 Å². The number of amides is 1. The average Bonchev–Trinajstić information content (AvgIpc) is 3.17. The molecule has 0 saturated carbocycles. The van der Waals surface area contributed by atoms with Gasteiger partial charge in [-0.05, 0) is 50.8 Å². The Morgan fingerprint density at radius 2 is 1.62 bits per heavy atom. The molecule has 1 unspecified atom stereocenters. The summed E-state index contributed by atoms with van der Waals surface area (Å²) in [6.07, 6.45) is 2.17. The standard InChI is InChI=1S/C19H29N3O3S/c1-15-6-7-16(2)18(14-15)26(24,25)22-12-10-20(11-13-22)17(3)19(23)21-8-4-5-9-21/h6-7,14,17H,4-5,8-13H2,1-3H3. The Labute approximate surface area is 156 Å². The Kier molecular flexibility index (Phi) is 5.69. The van der Waals surface area contributed by atoms with E-state index < -0.39 is 10.0 Å². The molecule has 0 radical (unpaired) electrons. The second-order valence-corrected chi connectivity index (χ2v) is 9.32. The van der Waals surface area contributed by atoms with Crippen LogP contribution in [0.2, 0.25) is 0 Å². The second-order valence-electron chi connectivity index (χ2n) is 7.42. The Balaban J connectivity index is 1.66. The summed E-state index contributed by atoms with van der Waals surface area (Å²) in [5.41, 5.74) is 1.72. The van der Waals surface area contributed by atoms with E-state index in [1.54, 1.807) is 10.4 Å². The summed E-state index contributed by atoms with van der Waals surface area (Å²) in [5, 5.41) is 0. The van der Waals surface area contributed by atoms with Crippen LogP contribution >= 0.6 is 0 Å². The first-order chi connectivity index (χ1) is 12.3. The van der Waals surface area contributed by atoms with Crippen LogP contribution in [0.5, 0.6) is 0 Å². The fourth-order valence-corrected chi connectivity index (χ4v) is 5.55. The predicted octanol–water partition coefficient (Wildman–Crippen LogP) is 1.62. The van der Waals surface area contributed by atoms with Crippen LogP contribution in [0.25, 0.3) is 0 Å². The van der Waals surface area contributed by atoms with E-state index in [-0.39, 0.29) is 11.9 Å². The van der Waals surface area contributed by atoms with Crippen LogP contribution in [0.3, 0.4) is 0 Å². The Morgan fingerprint density at radius 1 is 1.00 bits per heavy atom. The van der Waals surface area contributed by atoms with E-state index in [1.807, 2.05) is 37.8 Å². The van der Waals surface area contributed by atoms with Crippen LogP contribution < -0.4 is 0 Å². The molecule has 0 aromatic heterocycles. The van der Waals surface area contributed by atoms with Crippen molar-refractivity contribution in [2.45, 2.75) is 44.6 Å². The first kappa shape index (κ1) is 19.3. The number of benzene rings is 1. The van der Waals surface area contributed by atoms with Crippen molar-refractivity contribution in [2.75, 3.05) is 39.3 Å². The van der Waals surface area contributed by atoms with Gasteiger partial charge in [-0.25, -0.2) is 8.42 Å². The molecule has 7 heteroatoms. The van der Waals surface area contributed by atoms with E-state index in [0.717, 1.165) is 37.1 Å². The quantitative estimate of drug-likeness (QED) is 0.798. The Hall–Kier alpha value is -1.44. The highest BCUT2D eigenvalue weighted by atomic mass is 32.2. The van der Waals surface area contributed by atoms with Crippen LogP contribution in [0.15, 0.2) is 23.1 Å². The smallest absolute Gasteiger partial charge is 0.243 e. The van der Waals surface area contributed by atoms with Crippen molar-refractivity contribution in [3.05, 3.63) is 29.3 Å². The number of carbonyl (C=O) groups is 1. The fraction of sp³-hybridized carbons (Fsp3) is 0.632. The van der Waals surface area contributed by atoms with E-state index in [4.69, 9.17) is 0 Å². The average molecular weight is 380 g/mol. The van der Waals surface area contributed by atoms with Crippen molar-refractivity contribution >= 4 is 15.9 Å². The molecule has 1 aromatic rings. The third kappa shape index (κ3) is 3.80. The van der Waals surface area contributed by atoms with Crippen LogP contribution in [0.4, 0.5) is 0 Å². The summed E-state index contributed by atoms with van der Waals surface area (Å²) in [6, 6.07) is 5.35. The minimum absolute atomic E-state index is 0.174. The van der Waals surface area contributed by atoms with Crippen molar-refractivity contribution in [2.24, 2.45) is 0 Å². The number of carbonyl (C=O) groups excluding carboxylic acids is 1. The molecule has 1 aromatic carbocycles. The lowest BCUT2D eigenvalue weighted by Gasteiger charge is -2.38. The number of hydrogen-bond donors (Lipinski definition) is 0. The van der Waals surface area contributed by atoms with Crippen LogP contribution in [-0.2, 0) is 14.8 Å². The molecule has 0 bridgehead atoms. The lowest BCUT2D eigenvalue weighted by atomic mass is 10.2. The summed E-state index contributed by atoms with van der Waals surface area (Å²) in [6.45, 7) is 9.40. The molecule has 26 heavy (non-hydrogen) atoms. The van der Waals surface area contributed by atoms with E-state index in [2.05, 4.69) is 4.90 Å². The molecule has 6 nitrogen and oxygen atoms in total. The molecule has 2 aliphatic heterocycles. The summed E-state index contributed by atoms with van der Waals surface area (Å²) in [5.74, 6) is 0.174. The van der Waals surface area contributed by atoms with E-state index in [1.165, 1.54) is 0 Å². The van der Waals surface area contributed by atoms with Crippen LogP contribution in [0.1, 0.15) is 30.9 Å². The first-order valence-corrected chi connectivity index (χ1v) is 10.8. The van der Waals surface area contributed by atoms with Crippen molar-refractivity contribution in [3.8, 4) is 0 Å². The first-order valence-electron chi connectivity index (χ1n) is 9.41. The van der Waals surface area contributed by atoms with Gasteiger partial charge >= 0.3 is 0 Å². The normalized spacial score (nSPS) is 21.1. The minimum atomic E-state index is -3.49. The van der Waals surface area contributed by atoms with Gasteiger partial charge < -0.3 is 4.90 Å². The molecule has 0 aliphatic carbocycles. The second kappa shape index (κ2) is 7.66. The van der Waals surface area contributed by atoms with E-state index in [0.29, 0.717) is 31.1 Å². The van der Waals surface area contributed by atoms with Gasteiger partial charge in [-0.15, -0.1) is 0 Å². The zero-order valence-electron chi connectivity index (χ0n) is 15.9. The Morgan fingerprint density at radius 3 is 2.23 bits per heavy atom. The van der Waals surface area contributed by atoms with Crippen molar-refractivity contribution in [1.82, 2.24) is 14.1 Å². The highest BCUT2D eigenvalue weighted by Gasteiger charge is 2.34. The van der Waals surface area contributed by atoms with Crippen molar-refractivity contribution in [3.63, 3.8) is 0 Å². The predicted molar refractivity (Wildman–Crippen MR) is 102 cm³/mol. The summed E-state index contributed by atoms with van der Waals surface area (Å²) >= 11 is 0. The highest BCUT2D eigenvalue weighted by molar-refractivity contribution is 7.89. The number of aryl methyl sites for hydroxylation is 2. The van der Waals surface area contributed by atoms with Gasteiger partial charge in [0.15, 0.2) is 0 Å². The maximum atomic E-state index is 13.0. The molecule has 2 heterocycles. The van der Waals surface area contributed by atoms with Gasteiger partial charge in [0.1, 0.15) is 0 Å². The molecular formula is C19H29N3O3S. The maximum absolute atomic E-state index is 13.0. The lowest BCUT2D eigenvalue weighted by molar-refractivity contribution is -0.135. The van der Waals surface area contributed by atoms with Gasteiger partial charge in [0, 0.05) is 39.3 Å². The molecular weight excluding hydrogens is 350 g/mol. The highest BCUT2D eigenvalue weighted by Crippen LogP contribution is 2.23. The summed E-state index contributed by atoms with van der Waals surface area (Å²) in [7, 11) is -3.49. The zero-order valence-corrected chi connectivity index (χ0v) is 16.8. The number of sulfonamides is 1. The van der Waals surface area contributed by atoms with Crippen LogP contribution in [0, 0.1) is 13.8 Å². The van der Waals surface area contributed by atoms with Gasteiger partial charge in [-0.1, -0.05) is 12.1 Å². The van der Waals surface area contributed by atoms with E-state index >= 15 is 0 Å². The molecule has 1 atom stereocenters. The lowest BCUT2D eigenvalue weighted by Crippen LogP contribution is -2.55. The zero-order chi connectivity index (χ0) is 18.9. The molecule has 0 N–H and O–H groups in total. The molecule has 144 valence electrons. The molecule has 1 amide bonds. The van der Waals surface area contributed by atoms with Gasteiger partial charge in [0.05, 0.1) is 10.9 Å². The number of rotatable bonds is 4. The molecule has 2 fully saturated rings. The van der Waals surface area contributed by atoms with Gasteiger partial charge in [0.25, 0.3) is 0 Å². The molecule has 2 saturated heterocycles.